The molecule has 1 rings (SSSR count). The molecule has 1 aliphatic heterocycles. The molecule has 0 aromatic heterocycles. The highest BCUT2D eigenvalue weighted by atomic mass is 15.2. The summed E-state index contributed by atoms with van der Waals surface area (Å²) in [7, 11) is 2.15. The molecule has 1 saturated heterocycles. The maximum Gasteiger partial charge on any atom is 0.0104 e. The molecular formula is C13H33N3. The van der Waals surface area contributed by atoms with Crippen molar-refractivity contribution in [3.05, 3.63) is 0 Å². The van der Waals surface area contributed by atoms with E-state index in [2.05, 4.69) is 42.9 Å². The van der Waals surface area contributed by atoms with Crippen LogP contribution < -0.4 is 5.32 Å². The molecule has 0 atom stereocenters. The summed E-state index contributed by atoms with van der Waals surface area (Å²) < 4.78 is 0. The van der Waals surface area contributed by atoms with Gasteiger partial charge in [-0.2, -0.15) is 0 Å². The van der Waals surface area contributed by atoms with Gasteiger partial charge in [0.1, 0.15) is 0 Å². The first-order valence-electron chi connectivity index (χ1n) is 6.86. The Morgan fingerprint density at radius 2 is 1.31 bits per heavy atom. The molecule has 3 nitrogen and oxygen atoms in total. The van der Waals surface area contributed by atoms with Crippen LogP contribution in [0.1, 0.15) is 34.6 Å². The van der Waals surface area contributed by atoms with E-state index >= 15 is 0 Å². The standard InChI is InChI=1S/C6H15N.C5H12N2.C2H6/c1-4-7(5-2)6-3;1-7-4-2-6-3-5-7;1-2/h4-6H2,1-3H3;6H,2-5H2,1H3;1-2H3. The Balaban J connectivity index is 0. The summed E-state index contributed by atoms with van der Waals surface area (Å²) in [6, 6.07) is 0. The highest BCUT2D eigenvalue weighted by molar-refractivity contribution is 4.62. The third kappa shape index (κ3) is 12.0. The number of hydrogen-bond donors (Lipinski definition) is 1. The van der Waals surface area contributed by atoms with E-state index in [1.807, 2.05) is 13.8 Å². The fourth-order valence-electron chi connectivity index (χ4n) is 1.45. The summed E-state index contributed by atoms with van der Waals surface area (Å²) in [5.74, 6) is 0. The molecule has 0 saturated carbocycles. The van der Waals surface area contributed by atoms with Crippen molar-refractivity contribution in [1.82, 2.24) is 15.1 Å². The lowest BCUT2D eigenvalue weighted by Gasteiger charge is -2.21. The van der Waals surface area contributed by atoms with Crippen molar-refractivity contribution >= 4 is 0 Å². The van der Waals surface area contributed by atoms with Gasteiger partial charge in [-0.25, -0.2) is 0 Å². The molecule has 0 aromatic carbocycles. The minimum absolute atomic E-state index is 1.16. The zero-order valence-corrected chi connectivity index (χ0v) is 12.3. The van der Waals surface area contributed by atoms with Gasteiger partial charge in [-0.15, -0.1) is 0 Å². The lowest BCUT2D eigenvalue weighted by Crippen LogP contribution is -2.40. The monoisotopic (exact) mass is 231 g/mol. The number of piperazine rings is 1. The molecule has 1 heterocycles. The summed E-state index contributed by atoms with van der Waals surface area (Å²) in [6.07, 6.45) is 0. The van der Waals surface area contributed by atoms with Crippen LogP contribution in [-0.4, -0.2) is 62.7 Å². The fraction of sp³-hybridized carbons (Fsp3) is 1.00. The molecule has 0 unspecified atom stereocenters. The van der Waals surface area contributed by atoms with Gasteiger partial charge in [-0.3, -0.25) is 0 Å². The van der Waals surface area contributed by atoms with Crippen LogP contribution in [0.5, 0.6) is 0 Å². The second kappa shape index (κ2) is 14.9. The summed E-state index contributed by atoms with van der Waals surface area (Å²) in [5, 5.41) is 3.27. The molecule has 100 valence electrons. The average Bonchev–Trinajstić information content (AvgIpc) is 2.36. The number of hydrogen-bond acceptors (Lipinski definition) is 3. The summed E-state index contributed by atoms with van der Waals surface area (Å²) in [5.41, 5.74) is 0. The summed E-state index contributed by atoms with van der Waals surface area (Å²) >= 11 is 0. The van der Waals surface area contributed by atoms with E-state index in [4.69, 9.17) is 0 Å². The Kier molecular flexibility index (Phi) is 17.0. The summed E-state index contributed by atoms with van der Waals surface area (Å²) in [4.78, 5) is 4.70. The Hall–Kier alpha value is -0.120. The number of nitrogens with one attached hydrogen (secondary N) is 1. The number of nitrogens with zero attached hydrogens (tertiary/aromatic N) is 2. The minimum Gasteiger partial charge on any atom is -0.314 e. The molecule has 0 bridgehead atoms. The molecule has 1 fully saturated rings. The van der Waals surface area contributed by atoms with Crippen molar-refractivity contribution in [2.75, 3.05) is 52.9 Å². The molecule has 1 N–H and O–H groups in total. The maximum atomic E-state index is 3.27. The second-order valence-electron chi connectivity index (χ2n) is 3.67. The van der Waals surface area contributed by atoms with Crippen LogP contribution in [0.4, 0.5) is 0 Å². The lowest BCUT2D eigenvalue weighted by atomic mass is 10.4. The van der Waals surface area contributed by atoms with Gasteiger partial charge in [-0.05, 0) is 26.7 Å². The molecular weight excluding hydrogens is 198 g/mol. The Morgan fingerprint density at radius 3 is 1.44 bits per heavy atom. The third-order valence-corrected chi connectivity index (χ3v) is 2.68. The Labute approximate surface area is 103 Å². The van der Waals surface area contributed by atoms with Gasteiger partial charge in [0.25, 0.3) is 0 Å². The molecule has 0 amide bonds. The smallest absolute Gasteiger partial charge is 0.0104 e. The molecule has 0 aliphatic carbocycles. The number of likely N-dealkylation sites (N-methyl/N-ethyl adjacent to an activating group) is 1. The molecule has 3 heteroatoms. The quantitative estimate of drug-likeness (QED) is 0.800. The van der Waals surface area contributed by atoms with Crippen molar-refractivity contribution in [3.63, 3.8) is 0 Å². The average molecular weight is 231 g/mol. The fourth-order valence-corrected chi connectivity index (χ4v) is 1.45. The third-order valence-electron chi connectivity index (χ3n) is 2.68. The molecule has 16 heavy (non-hydrogen) atoms. The predicted octanol–water partition coefficient (Wildman–Crippen LogP) is 1.90. The molecule has 1 aliphatic rings. The molecule has 0 aromatic rings. The van der Waals surface area contributed by atoms with Crippen molar-refractivity contribution < 1.29 is 0 Å². The first-order valence-corrected chi connectivity index (χ1v) is 6.86. The van der Waals surface area contributed by atoms with Crippen molar-refractivity contribution in [2.24, 2.45) is 0 Å². The number of rotatable bonds is 3. The van der Waals surface area contributed by atoms with Crippen LogP contribution in [0, 0.1) is 0 Å². The zero-order chi connectivity index (χ0) is 12.8. The SMILES string of the molecule is CC.CCN(CC)CC.CN1CCNCC1. The lowest BCUT2D eigenvalue weighted by molar-refractivity contribution is 0.291. The van der Waals surface area contributed by atoms with Crippen molar-refractivity contribution in [2.45, 2.75) is 34.6 Å². The Bertz CT molecular complexity index is 102. The van der Waals surface area contributed by atoms with E-state index in [0.29, 0.717) is 0 Å². The maximum absolute atomic E-state index is 3.27. The highest BCUT2D eigenvalue weighted by Crippen LogP contribution is 1.83. The van der Waals surface area contributed by atoms with Gasteiger partial charge < -0.3 is 15.1 Å². The van der Waals surface area contributed by atoms with E-state index in [1.165, 1.54) is 32.7 Å². The van der Waals surface area contributed by atoms with Gasteiger partial charge in [-0.1, -0.05) is 34.6 Å². The highest BCUT2D eigenvalue weighted by Gasteiger charge is 2.01. The van der Waals surface area contributed by atoms with Crippen LogP contribution in [0.2, 0.25) is 0 Å². The van der Waals surface area contributed by atoms with Crippen LogP contribution in [0.15, 0.2) is 0 Å². The largest absolute Gasteiger partial charge is 0.314 e. The van der Waals surface area contributed by atoms with Crippen LogP contribution >= 0.6 is 0 Å². The zero-order valence-electron chi connectivity index (χ0n) is 12.3. The van der Waals surface area contributed by atoms with Gasteiger partial charge in [0, 0.05) is 26.2 Å². The van der Waals surface area contributed by atoms with Gasteiger partial charge in [0.2, 0.25) is 0 Å². The second-order valence-corrected chi connectivity index (χ2v) is 3.67. The van der Waals surface area contributed by atoms with E-state index in [-0.39, 0.29) is 0 Å². The topological polar surface area (TPSA) is 18.5 Å². The normalized spacial score (nSPS) is 15.9. The first-order chi connectivity index (χ1) is 7.74. The summed E-state index contributed by atoms with van der Waals surface area (Å²) in [6.45, 7) is 18.9. The van der Waals surface area contributed by atoms with Crippen LogP contribution in [0.25, 0.3) is 0 Å². The molecule has 0 spiro atoms. The van der Waals surface area contributed by atoms with E-state index in [0.717, 1.165) is 13.1 Å². The van der Waals surface area contributed by atoms with Crippen LogP contribution in [-0.2, 0) is 0 Å². The van der Waals surface area contributed by atoms with Gasteiger partial charge >= 0.3 is 0 Å². The van der Waals surface area contributed by atoms with Crippen LogP contribution in [0.3, 0.4) is 0 Å². The first kappa shape index (κ1) is 18.3. The van der Waals surface area contributed by atoms with Gasteiger partial charge in [0.05, 0.1) is 0 Å². The van der Waals surface area contributed by atoms with Gasteiger partial charge in [0.15, 0.2) is 0 Å². The van der Waals surface area contributed by atoms with E-state index in [1.54, 1.807) is 0 Å². The predicted molar refractivity (Wildman–Crippen MR) is 75.2 cm³/mol. The molecule has 0 radical (unpaired) electrons. The Morgan fingerprint density at radius 1 is 0.938 bits per heavy atom. The van der Waals surface area contributed by atoms with E-state index in [9.17, 15) is 0 Å². The van der Waals surface area contributed by atoms with Crippen molar-refractivity contribution in [3.8, 4) is 0 Å². The van der Waals surface area contributed by atoms with Crippen molar-refractivity contribution in [1.29, 1.82) is 0 Å². The minimum atomic E-state index is 1.16. The van der Waals surface area contributed by atoms with E-state index < -0.39 is 0 Å².